The molecule has 0 aliphatic rings. The van der Waals surface area contributed by atoms with Gasteiger partial charge in [-0.25, -0.2) is 0 Å². The van der Waals surface area contributed by atoms with Gasteiger partial charge in [0.05, 0.1) is 0 Å². The Morgan fingerprint density at radius 2 is 1.83 bits per heavy atom. The van der Waals surface area contributed by atoms with E-state index in [1.807, 2.05) is 0 Å². The van der Waals surface area contributed by atoms with Crippen molar-refractivity contribution in [3.63, 3.8) is 0 Å². The highest BCUT2D eigenvalue weighted by atomic mass is 14.9. The number of hydrogen-bond donors (Lipinski definition) is 1. The molecule has 102 valence electrons. The van der Waals surface area contributed by atoms with Crippen molar-refractivity contribution in [2.45, 2.75) is 65.8 Å². The Balaban J connectivity index is 2.64. The summed E-state index contributed by atoms with van der Waals surface area (Å²) >= 11 is 0. The minimum Gasteiger partial charge on any atom is -0.315 e. The van der Waals surface area contributed by atoms with Crippen LogP contribution in [0.5, 0.6) is 0 Å². The minimum absolute atomic E-state index is 0.249. The third-order valence-electron chi connectivity index (χ3n) is 3.39. The molecule has 0 amide bonds. The first kappa shape index (κ1) is 15.2. The van der Waals surface area contributed by atoms with Crippen molar-refractivity contribution < 1.29 is 0 Å². The van der Waals surface area contributed by atoms with E-state index in [1.165, 1.54) is 29.5 Å². The van der Waals surface area contributed by atoms with Crippen molar-refractivity contribution in [3.05, 3.63) is 34.9 Å². The van der Waals surface area contributed by atoms with Crippen LogP contribution in [0.1, 0.15) is 57.7 Å². The Labute approximate surface area is 113 Å². The van der Waals surface area contributed by atoms with E-state index in [4.69, 9.17) is 0 Å². The minimum atomic E-state index is 0.249. The van der Waals surface area contributed by atoms with Gasteiger partial charge in [-0.15, -0.1) is 0 Å². The van der Waals surface area contributed by atoms with Crippen molar-refractivity contribution in [2.75, 3.05) is 6.54 Å². The molecule has 0 spiro atoms. The summed E-state index contributed by atoms with van der Waals surface area (Å²) in [6.07, 6.45) is 2.39. The molecule has 1 aromatic carbocycles. The third-order valence-corrected chi connectivity index (χ3v) is 3.39. The fourth-order valence-corrected chi connectivity index (χ4v) is 2.08. The number of rotatable bonds is 5. The molecule has 0 radical (unpaired) electrons. The van der Waals surface area contributed by atoms with E-state index < -0.39 is 0 Å². The average molecular weight is 247 g/mol. The van der Waals surface area contributed by atoms with Crippen LogP contribution in [-0.2, 0) is 11.8 Å². The molecule has 1 rings (SSSR count). The lowest BCUT2D eigenvalue weighted by Gasteiger charge is -2.21. The molecule has 0 aliphatic heterocycles. The van der Waals surface area contributed by atoms with Crippen molar-refractivity contribution in [3.8, 4) is 0 Å². The topological polar surface area (TPSA) is 12.0 Å². The fraction of sp³-hybridized carbons (Fsp3) is 0.647. The monoisotopic (exact) mass is 247 g/mol. The number of benzene rings is 1. The summed E-state index contributed by atoms with van der Waals surface area (Å²) in [4.78, 5) is 0. The van der Waals surface area contributed by atoms with E-state index in [0.29, 0.717) is 6.04 Å². The zero-order valence-electron chi connectivity index (χ0n) is 12.9. The Kier molecular flexibility index (Phi) is 5.40. The highest BCUT2D eigenvalue weighted by Crippen LogP contribution is 2.24. The standard InChI is InChI=1S/C17H29N/c1-13(2)18-11-7-8-15-12-16(17(4,5)6)10-9-14(15)3/h9-10,12-13,18H,7-8,11H2,1-6H3. The van der Waals surface area contributed by atoms with Crippen LogP contribution in [0.15, 0.2) is 18.2 Å². The van der Waals surface area contributed by atoms with Crippen molar-refractivity contribution >= 4 is 0 Å². The van der Waals surface area contributed by atoms with Crippen molar-refractivity contribution in [1.82, 2.24) is 5.32 Å². The average Bonchev–Trinajstić information content (AvgIpc) is 2.24. The summed E-state index contributed by atoms with van der Waals surface area (Å²) in [7, 11) is 0. The molecule has 0 heterocycles. The van der Waals surface area contributed by atoms with E-state index in [-0.39, 0.29) is 5.41 Å². The van der Waals surface area contributed by atoms with Crippen LogP contribution in [0.2, 0.25) is 0 Å². The predicted molar refractivity (Wildman–Crippen MR) is 81.3 cm³/mol. The van der Waals surface area contributed by atoms with Gasteiger partial charge >= 0.3 is 0 Å². The summed E-state index contributed by atoms with van der Waals surface area (Å²) < 4.78 is 0. The summed E-state index contributed by atoms with van der Waals surface area (Å²) in [5, 5.41) is 3.48. The zero-order valence-corrected chi connectivity index (χ0v) is 12.9. The van der Waals surface area contributed by atoms with E-state index >= 15 is 0 Å². The first-order chi connectivity index (χ1) is 8.30. The number of aryl methyl sites for hydroxylation is 2. The molecule has 1 aromatic rings. The SMILES string of the molecule is Cc1ccc(C(C)(C)C)cc1CCCNC(C)C. The van der Waals surface area contributed by atoms with Crippen LogP contribution in [0.4, 0.5) is 0 Å². The van der Waals surface area contributed by atoms with Gasteiger partial charge in [-0.05, 0) is 48.4 Å². The quantitative estimate of drug-likeness (QED) is 0.768. The second-order valence-electron chi connectivity index (χ2n) is 6.60. The second kappa shape index (κ2) is 6.38. The van der Waals surface area contributed by atoms with Crippen LogP contribution in [-0.4, -0.2) is 12.6 Å². The van der Waals surface area contributed by atoms with Crippen LogP contribution < -0.4 is 5.32 Å². The molecule has 0 unspecified atom stereocenters. The number of nitrogens with one attached hydrogen (secondary N) is 1. The maximum Gasteiger partial charge on any atom is 0.00103 e. The first-order valence-electron chi connectivity index (χ1n) is 7.14. The van der Waals surface area contributed by atoms with Gasteiger partial charge in [-0.2, -0.15) is 0 Å². The van der Waals surface area contributed by atoms with Gasteiger partial charge in [-0.1, -0.05) is 52.8 Å². The van der Waals surface area contributed by atoms with Gasteiger partial charge in [0.15, 0.2) is 0 Å². The smallest absolute Gasteiger partial charge is 0.00103 e. The molecule has 0 saturated heterocycles. The Bertz CT molecular complexity index is 372. The van der Waals surface area contributed by atoms with Gasteiger partial charge < -0.3 is 5.32 Å². The molecule has 1 nitrogen and oxygen atoms in total. The third kappa shape index (κ3) is 4.81. The van der Waals surface area contributed by atoms with Crippen molar-refractivity contribution in [1.29, 1.82) is 0 Å². The van der Waals surface area contributed by atoms with E-state index in [0.717, 1.165) is 6.54 Å². The normalized spacial score (nSPS) is 12.2. The molecule has 0 saturated carbocycles. The summed E-state index contributed by atoms with van der Waals surface area (Å²) in [6.45, 7) is 14.6. The van der Waals surface area contributed by atoms with Crippen LogP contribution in [0.3, 0.4) is 0 Å². The lowest BCUT2D eigenvalue weighted by atomic mass is 9.85. The van der Waals surface area contributed by atoms with Gasteiger partial charge in [0.2, 0.25) is 0 Å². The molecule has 1 N–H and O–H groups in total. The van der Waals surface area contributed by atoms with Crippen LogP contribution in [0, 0.1) is 6.92 Å². The van der Waals surface area contributed by atoms with E-state index in [2.05, 4.69) is 65.1 Å². The molecule has 0 aliphatic carbocycles. The Morgan fingerprint density at radius 1 is 1.17 bits per heavy atom. The Morgan fingerprint density at radius 3 is 2.39 bits per heavy atom. The molecule has 18 heavy (non-hydrogen) atoms. The van der Waals surface area contributed by atoms with Gasteiger partial charge in [-0.3, -0.25) is 0 Å². The van der Waals surface area contributed by atoms with Crippen LogP contribution in [0.25, 0.3) is 0 Å². The zero-order chi connectivity index (χ0) is 13.8. The molecular weight excluding hydrogens is 218 g/mol. The molecular formula is C17H29N. The van der Waals surface area contributed by atoms with Crippen LogP contribution >= 0.6 is 0 Å². The second-order valence-corrected chi connectivity index (χ2v) is 6.60. The lowest BCUT2D eigenvalue weighted by molar-refractivity contribution is 0.568. The molecule has 0 bridgehead atoms. The van der Waals surface area contributed by atoms with E-state index in [9.17, 15) is 0 Å². The molecule has 1 heteroatoms. The van der Waals surface area contributed by atoms with Crippen molar-refractivity contribution in [2.24, 2.45) is 0 Å². The summed E-state index contributed by atoms with van der Waals surface area (Å²) in [5.74, 6) is 0. The largest absolute Gasteiger partial charge is 0.315 e. The maximum absolute atomic E-state index is 3.48. The highest BCUT2D eigenvalue weighted by molar-refractivity contribution is 5.34. The summed E-state index contributed by atoms with van der Waals surface area (Å²) in [5.41, 5.74) is 4.62. The molecule has 0 fully saturated rings. The highest BCUT2D eigenvalue weighted by Gasteiger charge is 2.14. The van der Waals surface area contributed by atoms with E-state index in [1.54, 1.807) is 0 Å². The molecule has 0 atom stereocenters. The first-order valence-corrected chi connectivity index (χ1v) is 7.14. The predicted octanol–water partition coefficient (Wildman–Crippen LogP) is 4.22. The maximum atomic E-state index is 3.48. The van der Waals surface area contributed by atoms with Gasteiger partial charge in [0, 0.05) is 6.04 Å². The molecule has 0 aromatic heterocycles. The van der Waals surface area contributed by atoms with Gasteiger partial charge in [0.1, 0.15) is 0 Å². The summed E-state index contributed by atoms with van der Waals surface area (Å²) in [6, 6.07) is 7.52. The fourth-order valence-electron chi connectivity index (χ4n) is 2.08. The van der Waals surface area contributed by atoms with Gasteiger partial charge in [0.25, 0.3) is 0 Å². The number of hydrogen-bond acceptors (Lipinski definition) is 1. The Hall–Kier alpha value is -0.820. The lowest BCUT2D eigenvalue weighted by Crippen LogP contribution is -2.24.